The summed E-state index contributed by atoms with van der Waals surface area (Å²) in [7, 11) is 1.72. The summed E-state index contributed by atoms with van der Waals surface area (Å²) in [5.41, 5.74) is 1.55. The molecule has 2 saturated heterocycles. The van der Waals surface area contributed by atoms with Gasteiger partial charge in [0.1, 0.15) is 5.60 Å². The van der Waals surface area contributed by atoms with Crippen LogP contribution in [0.5, 0.6) is 0 Å². The highest BCUT2D eigenvalue weighted by Crippen LogP contribution is 2.52. The fraction of sp³-hybridized carbons (Fsp3) is 0.409. The van der Waals surface area contributed by atoms with Crippen LogP contribution in [0.1, 0.15) is 16.9 Å². The summed E-state index contributed by atoms with van der Waals surface area (Å²) in [4.78, 5) is 30.0. The Morgan fingerprint density at radius 1 is 1.38 bits per heavy atom. The molecule has 5 rings (SSSR count). The molecule has 0 N–H and O–H groups in total. The number of rotatable bonds is 5. The van der Waals surface area contributed by atoms with Crippen molar-refractivity contribution in [1.82, 2.24) is 15.0 Å². The molecule has 2 fully saturated rings. The molecule has 7 nitrogen and oxygen atoms in total. The van der Waals surface area contributed by atoms with Crippen LogP contribution in [0.15, 0.2) is 53.2 Å². The molecule has 4 atom stereocenters. The number of nitrogens with zero attached hydrogens (tertiary/aromatic N) is 3. The molecule has 150 valence electrons. The molecule has 1 aromatic heterocycles. The van der Waals surface area contributed by atoms with Crippen LogP contribution >= 0.6 is 0 Å². The lowest BCUT2D eigenvalue weighted by Crippen LogP contribution is -2.44. The van der Waals surface area contributed by atoms with Gasteiger partial charge < -0.3 is 19.1 Å². The predicted octanol–water partition coefficient (Wildman–Crippen LogP) is 1.92. The molecular formula is C22H23N3O4. The van der Waals surface area contributed by atoms with Crippen LogP contribution in [-0.4, -0.2) is 52.1 Å². The number of aromatic nitrogens is 1. The highest BCUT2D eigenvalue weighted by atomic mass is 16.5. The van der Waals surface area contributed by atoms with E-state index >= 15 is 0 Å². The molecule has 2 bridgehead atoms. The number of likely N-dealkylation sites (tertiary alicyclic amines) is 1. The first-order chi connectivity index (χ1) is 14.0. The lowest BCUT2D eigenvalue weighted by molar-refractivity contribution is -0.143. The molecular weight excluding hydrogens is 370 g/mol. The number of carbonyl (C=O) groups excluding carboxylic acids is 2. The van der Waals surface area contributed by atoms with Crippen molar-refractivity contribution in [2.45, 2.75) is 31.7 Å². The number of hydrogen-bond acceptors (Lipinski definition) is 5. The van der Waals surface area contributed by atoms with Crippen LogP contribution < -0.4 is 0 Å². The summed E-state index contributed by atoms with van der Waals surface area (Å²) < 4.78 is 11.3. The van der Waals surface area contributed by atoms with Gasteiger partial charge in [0.25, 0.3) is 0 Å². The molecule has 1 aromatic carbocycles. The van der Waals surface area contributed by atoms with Crippen molar-refractivity contribution in [2.75, 3.05) is 13.6 Å². The fourth-order valence-electron chi connectivity index (χ4n) is 4.91. The van der Waals surface area contributed by atoms with Gasteiger partial charge in [-0.25, -0.2) is 0 Å². The molecule has 2 unspecified atom stereocenters. The second-order valence-corrected chi connectivity index (χ2v) is 8.26. The Hall–Kier alpha value is -2.93. The van der Waals surface area contributed by atoms with E-state index in [4.69, 9.17) is 9.26 Å². The van der Waals surface area contributed by atoms with Gasteiger partial charge >= 0.3 is 0 Å². The van der Waals surface area contributed by atoms with Gasteiger partial charge in [0.15, 0.2) is 5.76 Å². The van der Waals surface area contributed by atoms with E-state index < -0.39 is 17.4 Å². The van der Waals surface area contributed by atoms with Gasteiger partial charge in [-0.1, -0.05) is 47.1 Å². The van der Waals surface area contributed by atoms with Crippen molar-refractivity contribution in [3.63, 3.8) is 0 Å². The van der Waals surface area contributed by atoms with Gasteiger partial charge in [-0.15, -0.1) is 0 Å². The van der Waals surface area contributed by atoms with Crippen LogP contribution in [0, 0.1) is 18.8 Å². The molecule has 0 saturated carbocycles. The van der Waals surface area contributed by atoms with E-state index in [-0.39, 0.29) is 17.9 Å². The first-order valence-electron chi connectivity index (χ1n) is 9.83. The maximum Gasteiger partial charge on any atom is 0.230 e. The highest BCUT2D eigenvalue weighted by molar-refractivity contribution is 5.93. The van der Waals surface area contributed by atoms with Crippen LogP contribution in [0.25, 0.3) is 0 Å². The Labute approximate surface area is 168 Å². The van der Waals surface area contributed by atoms with Gasteiger partial charge in [0.2, 0.25) is 11.8 Å². The summed E-state index contributed by atoms with van der Waals surface area (Å²) in [5.74, 6) is -0.498. The van der Waals surface area contributed by atoms with Crippen molar-refractivity contribution in [3.05, 3.63) is 65.6 Å². The Bertz CT molecular complexity index is 986. The second-order valence-electron chi connectivity index (χ2n) is 8.26. The van der Waals surface area contributed by atoms with Crippen molar-refractivity contribution in [2.24, 2.45) is 11.8 Å². The van der Waals surface area contributed by atoms with E-state index in [0.29, 0.717) is 25.4 Å². The molecule has 2 amide bonds. The standard InChI is InChI=1S/C22H23N3O4/c1-14-4-3-5-15(10-14)11-25-13-22-8-6-17(28-22)18(19(22)21(25)27)20(26)24(2)12-16-7-9-23-29-16/h3-10,17-19H,11-13H2,1-2H3/t17-,18?,19?,22-/m0/s1. The highest BCUT2D eigenvalue weighted by Gasteiger charge is 2.67. The van der Waals surface area contributed by atoms with Crippen LogP contribution in [0.2, 0.25) is 0 Å². The molecule has 7 heteroatoms. The molecule has 0 aliphatic carbocycles. The van der Waals surface area contributed by atoms with E-state index in [0.717, 1.165) is 11.1 Å². The summed E-state index contributed by atoms with van der Waals surface area (Å²) in [5, 5.41) is 3.68. The SMILES string of the molecule is Cc1cccc(CN2C[C@]34C=C[C@H](O3)C(C(=O)N(C)Cc3ccno3)C4C2=O)c1. The van der Waals surface area contributed by atoms with Gasteiger partial charge in [-0.05, 0) is 12.5 Å². The summed E-state index contributed by atoms with van der Waals surface area (Å²) in [6, 6.07) is 9.87. The first kappa shape index (κ1) is 18.1. The minimum atomic E-state index is -0.695. The van der Waals surface area contributed by atoms with Gasteiger partial charge in [-0.2, -0.15) is 0 Å². The Morgan fingerprint density at radius 3 is 3.00 bits per heavy atom. The van der Waals surface area contributed by atoms with Crippen LogP contribution in [0.4, 0.5) is 0 Å². The third kappa shape index (κ3) is 2.88. The van der Waals surface area contributed by atoms with Gasteiger partial charge in [0.05, 0.1) is 37.2 Å². The zero-order chi connectivity index (χ0) is 20.2. The largest absolute Gasteiger partial charge is 0.360 e. The Kier molecular flexibility index (Phi) is 4.10. The maximum absolute atomic E-state index is 13.3. The number of fused-ring (bicyclic) bond motifs is 1. The normalized spacial score (nSPS) is 29.5. The number of ether oxygens (including phenoxy) is 1. The first-order valence-corrected chi connectivity index (χ1v) is 9.83. The number of benzene rings is 1. The van der Waals surface area contributed by atoms with Crippen molar-refractivity contribution < 1.29 is 18.8 Å². The minimum Gasteiger partial charge on any atom is -0.360 e. The summed E-state index contributed by atoms with van der Waals surface area (Å²) >= 11 is 0. The quantitative estimate of drug-likeness (QED) is 0.726. The zero-order valence-corrected chi connectivity index (χ0v) is 16.4. The predicted molar refractivity (Wildman–Crippen MR) is 103 cm³/mol. The van der Waals surface area contributed by atoms with Gasteiger partial charge in [0, 0.05) is 19.7 Å². The number of carbonyl (C=O) groups is 2. The molecule has 4 heterocycles. The third-order valence-electron chi connectivity index (χ3n) is 6.18. The summed E-state index contributed by atoms with van der Waals surface area (Å²) in [6.45, 7) is 3.35. The third-order valence-corrected chi connectivity index (χ3v) is 6.18. The van der Waals surface area contributed by atoms with E-state index in [1.54, 1.807) is 24.2 Å². The van der Waals surface area contributed by atoms with E-state index in [1.807, 2.05) is 42.2 Å². The molecule has 2 aromatic rings. The van der Waals surface area contributed by atoms with Gasteiger partial charge in [-0.3, -0.25) is 9.59 Å². The molecule has 3 aliphatic rings. The number of amides is 2. The molecule has 3 aliphatic heterocycles. The maximum atomic E-state index is 13.3. The number of aryl methyl sites for hydroxylation is 1. The van der Waals surface area contributed by atoms with Crippen molar-refractivity contribution in [3.8, 4) is 0 Å². The molecule has 29 heavy (non-hydrogen) atoms. The van der Waals surface area contributed by atoms with E-state index in [2.05, 4.69) is 11.2 Å². The smallest absolute Gasteiger partial charge is 0.230 e. The molecule has 1 spiro atoms. The minimum absolute atomic E-state index is 0.00947. The van der Waals surface area contributed by atoms with Crippen LogP contribution in [0.3, 0.4) is 0 Å². The fourth-order valence-corrected chi connectivity index (χ4v) is 4.91. The Morgan fingerprint density at radius 2 is 2.24 bits per heavy atom. The lowest BCUT2D eigenvalue weighted by atomic mass is 9.76. The van der Waals surface area contributed by atoms with E-state index in [9.17, 15) is 9.59 Å². The Balaban J connectivity index is 1.37. The van der Waals surface area contributed by atoms with Crippen molar-refractivity contribution in [1.29, 1.82) is 0 Å². The van der Waals surface area contributed by atoms with E-state index in [1.165, 1.54) is 0 Å². The lowest BCUT2D eigenvalue weighted by Gasteiger charge is -2.27. The second kappa shape index (κ2) is 6.56. The average molecular weight is 393 g/mol. The van der Waals surface area contributed by atoms with Crippen LogP contribution in [-0.2, 0) is 27.4 Å². The molecule has 0 radical (unpaired) electrons. The topological polar surface area (TPSA) is 75.9 Å². The van der Waals surface area contributed by atoms with Crippen molar-refractivity contribution >= 4 is 11.8 Å². The zero-order valence-electron chi connectivity index (χ0n) is 16.4. The summed E-state index contributed by atoms with van der Waals surface area (Å²) in [6.07, 6.45) is 5.12. The average Bonchev–Trinajstić information content (AvgIpc) is 3.45. The monoisotopic (exact) mass is 393 g/mol. The number of hydrogen-bond donors (Lipinski definition) is 0.